The van der Waals surface area contributed by atoms with Crippen molar-refractivity contribution >= 4 is 23.6 Å². The van der Waals surface area contributed by atoms with Crippen molar-refractivity contribution in [3.8, 4) is 17.2 Å². The van der Waals surface area contributed by atoms with Crippen LogP contribution in [0.15, 0.2) is 47.4 Å². The molecule has 0 aromatic heterocycles. The van der Waals surface area contributed by atoms with Gasteiger partial charge in [0.25, 0.3) is 0 Å². The van der Waals surface area contributed by atoms with Crippen molar-refractivity contribution in [2.45, 2.75) is 212 Å². The fourth-order valence-corrected chi connectivity index (χ4v) is 7.90. The standard InChI is InChI=1S/C51H84O4S/c1-5-9-13-14-15-16-17-18-19-20-21-22-23-24-25-26-27-28-32-42-56-47-36-33-45(34-37-47)35-38-48(52)46-43-49(53-39-29-10-6-2)51(55-41-31-12-8-4)50(44-46)54-40-30-11-7-3/h33-38,43-44H,5-32,39-42H2,1-4H3/b38-35+. The second kappa shape index (κ2) is 35.7. The molecular weight excluding hydrogens is 709 g/mol. The summed E-state index contributed by atoms with van der Waals surface area (Å²) in [7, 11) is 0. The van der Waals surface area contributed by atoms with Crippen LogP contribution in [0.2, 0.25) is 0 Å². The summed E-state index contributed by atoms with van der Waals surface area (Å²) in [5.74, 6) is 2.93. The molecule has 56 heavy (non-hydrogen) atoms. The minimum Gasteiger partial charge on any atom is -0.490 e. The van der Waals surface area contributed by atoms with Crippen molar-refractivity contribution in [1.82, 2.24) is 0 Å². The quantitative estimate of drug-likeness (QED) is 0.0292. The van der Waals surface area contributed by atoms with Gasteiger partial charge < -0.3 is 14.2 Å². The van der Waals surface area contributed by atoms with Crippen LogP contribution in [-0.4, -0.2) is 31.4 Å². The van der Waals surface area contributed by atoms with Crippen molar-refractivity contribution in [3.05, 3.63) is 53.6 Å². The first-order valence-electron chi connectivity index (χ1n) is 23.6. The van der Waals surface area contributed by atoms with Gasteiger partial charge in [-0.05, 0) is 67.3 Å². The van der Waals surface area contributed by atoms with Crippen molar-refractivity contribution in [2.24, 2.45) is 0 Å². The molecule has 0 aliphatic carbocycles. The molecule has 0 saturated heterocycles. The number of thioether (sulfide) groups is 1. The SMILES string of the molecule is CCCCCCCCCCCCCCCCCCCCCSc1ccc(/C=C/C(=O)c2cc(OCCCCC)c(OCCCCC)c(OCCCCC)c2)cc1. The summed E-state index contributed by atoms with van der Waals surface area (Å²) in [5, 5.41) is 0. The van der Waals surface area contributed by atoms with Gasteiger partial charge >= 0.3 is 0 Å². The van der Waals surface area contributed by atoms with E-state index in [1.807, 2.05) is 30.0 Å². The second-order valence-corrected chi connectivity index (χ2v) is 17.1. The number of carbonyl (C=O) groups is 1. The van der Waals surface area contributed by atoms with E-state index in [2.05, 4.69) is 52.0 Å². The topological polar surface area (TPSA) is 44.8 Å². The molecule has 0 N–H and O–H groups in total. The zero-order valence-corrected chi connectivity index (χ0v) is 37.6. The molecule has 0 heterocycles. The fraction of sp³-hybridized carbons (Fsp3) is 0.706. The number of hydrogen-bond donors (Lipinski definition) is 0. The molecule has 0 radical (unpaired) electrons. The van der Waals surface area contributed by atoms with Crippen molar-refractivity contribution < 1.29 is 19.0 Å². The van der Waals surface area contributed by atoms with Crippen LogP contribution in [0.1, 0.15) is 223 Å². The predicted octanol–water partition coefficient (Wildman–Crippen LogP) is 16.8. The number of allylic oxidation sites excluding steroid dienone is 1. The molecule has 4 nitrogen and oxygen atoms in total. The Morgan fingerprint density at radius 1 is 0.482 bits per heavy atom. The molecule has 5 heteroatoms. The largest absolute Gasteiger partial charge is 0.490 e. The van der Waals surface area contributed by atoms with Crippen LogP contribution in [0.25, 0.3) is 6.08 Å². The minimum atomic E-state index is -0.0675. The van der Waals surface area contributed by atoms with E-state index in [-0.39, 0.29) is 5.78 Å². The van der Waals surface area contributed by atoms with Crippen LogP contribution >= 0.6 is 11.8 Å². The van der Waals surface area contributed by atoms with E-state index < -0.39 is 0 Å². The molecule has 0 atom stereocenters. The van der Waals surface area contributed by atoms with Crippen LogP contribution in [-0.2, 0) is 0 Å². The van der Waals surface area contributed by atoms with Crippen LogP contribution < -0.4 is 14.2 Å². The Bertz CT molecular complexity index is 1210. The molecule has 2 aromatic carbocycles. The summed E-state index contributed by atoms with van der Waals surface area (Å²) in [5.41, 5.74) is 1.58. The van der Waals surface area contributed by atoms with E-state index in [4.69, 9.17) is 14.2 Å². The first-order valence-corrected chi connectivity index (χ1v) is 24.6. The summed E-state index contributed by atoms with van der Waals surface area (Å²) in [6.07, 6.45) is 40.1. The highest BCUT2D eigenvalue weighted by Gasteiger charge is 2.18. The maximum atomic E-state index is 13.5. The third kappa shape index (κ3) is 25.1. The van der Waals surface area contributed by atoms with E-state index in [1.54, 1.807) is 6.08 Å². The highest BCUT2D eigenvalue weighted by molar-refractivity contribution is 7.99. The maximum absolute atomic E-state index is 13.5. The van der Waals surface area contributed by atoms with Gasteiger partial charge in [-0.2, -0.15) is 0 Å². The van der Waals surface area contributed by atoms with E-state index in [0.717, 1.165) is 69.1 Å². The Kier molecular flexibility index (Phi) is 31.7. The van der Waals surface area contributed by atoms with Crippen LogP contribution in [0.3, 0.4) is 0 Å². The lowest BCUT2D eigenvalue weighted by Crippen LogP contribution is -2.08. The van der Waals surface area contributed by atoms with Gasteiger partial charge in [0, 0.05) is 10.5 Å². The zero-order valence-electron chi connectivity index (χ0n) is 36.8. The lowest BCUT2D eigenvalue weighted by Gasteiger charge is -2.18. The lowest BCUT2D eigenvalue weighted by atomic mass is 10.0. The van der Waals surface area contributed by atoms with E-state index in [9.17, 15) is 4.79 Å². The average Bonchev–Trinajstić information content (AvgIpc) is 3.21. The number of ether oxygens (including phenoxy) is 3. The van der Waals surface area contributed by atoms with Gasteiger partial charge in [0.05, 0.1) is 19.8 Å². The third-order valence-electron chi connectivity index (χ3n) is 10.6. The Labute approximate surface area is 350 Å². The average molecular weight is 793 g/mol. The zero-order chi connectivity index (χ0) is 40.2. The van der Waals surface area contributed by atoms with Crippen LogP contribution in [0.5, 0.6) is 17.2 Å². The Balaban J connectivity index is 1.72. The lowest BCUT2D eigenvalue weighted by molar-refractivity contribution is 0.104. The number of unbranched alkanes of at least 4 members (excludes halogenated alkanes) is 24. The number of carbonyl (C=O) groups excluding carboxylic acids is 1. The maximum Gasteiger partial charge on any atom is 0.203 e. The molecule has 0 spiro atoms. The van der Waals surface area contributed by atoms with E-state index >= 15 is 0 Å². The third-order valence-corrected chi connectivity index (χ3v) is 11.7. The molecule has 0 fully saturated rings. The summed E-state index contributed by atoms with van der Waals surface area (Å²) < 4.78 is 18.8. The monoisotopic (exact) mass is 793 g/mol. The number of benzene rings is 2. The summed E-state index contributed by atoms with van der Waals surface area (Å²) in [6.45, 7) is 10.6. The summed E-state index contributed by atoms with van der Waals surface area (Å²) in [4.78, 5) is 14.8. The number of rotatable bonds is 39. The first kappa shape index (κ1) is 49.7. The van der Waals surface area contributed by atoms with Crippen LogP contribution in [0, 0.1) is 0 Å². The Morgan fingerprint density at radius 3 is 1.29 bits per heavy atom. The Morgan fingerprint density at radius 2 is 0.857 bits per heavy atom. The molecule has 0 unspecified atom stereocenters. The molecule has 0 aliphatic rings. The predicted molar refractivity (Wildman–Crippen MR) is 245 cm³/mol. The molecule has 2 rings (SSSR count). The molecule has 0 amide bonds. The normalized spacial score (nSPS) is 11.4. The van der Waals surface area contributed by atoms with Crippen molar-refractivity contribution in [3.63, 3.8) is 0 Å². The molecule has 318 valence electrons. The first-order chi connectivity index (χ1) is 27.6. The molecule has 0 saturated carbocycles. The van der Waals surface area contributed by atoms with E-state index in [1.165, 1.54) is 127 Å². The van der Waals surface area contributed by atoms with Gasteiger partial charge in [-0.3, -0.25) is 4.79 Å². The Hall–Kier alpha value is -2.40. The fourth-order valence-electron chi connectivity index (χ4n) is 6.98. The van der Waals surface area contributed by atoms with Gasteiger partial charge in [-0.25, -0.2) is 0 Å². The van der Waals surface area contributed by atoms with Gasteiger partial charge in [0.1, 0.15) is 0 Å². The molecular formula is C51H84O4S. The number of hydrogen-bond acceptors (Lipinski definition) is 5. The van der Waals surface area contributed by atoms with Crippen molar-refractivity contribution in [2.75, 3.05) is 25.6 Å². The second-order valence-electron chi connectivity index (χ2n) is 15.9. The minimum absolute atomic E-state index is 0.0675. The summed E-state index contributed by atoms with van der Waals surface area (Å²) in [6, 6.07) is 12.3. The smallest absolute Gasteiger partial charge is 0.203 e. The number of ketones is 1. The molecule has 0 bridgehead atoms. The van der Waals surface area contributed by atoms with Crippen molar-refractivity contribution in [1.29, 1.82) is 0 Å². The summed E-state index contributed by atoms with van der Waals surface area (Å²) >= 11 is 1.94. The van der Waals surface area contributed by atoms with Crippen LogP contribution in [0.4, 0.5) is 0 Å². The molecule has 2 aromatic rings. The van der Waals surface area contributed by atoms with E-state index in [0.29, 0.717) is 42.6 Å². The highest BCUT2D eigenvalue weighted by Crippen LogP contribution is 2.40. The van der Waals surface area contributed by atoms with Gasteiger partial charge in [0.15, 0.2) is 17.3 Å². The molecule has 0 aliphatic heterocycles. The highest BCUT2D eigenvalue weighted by atomic mass is 32.2. The van der Waals surface area contributed by atoms with Gasteiger partial charge in [0.2, 0.25) is 5.75 Å². The van der Waals surface area contributed by atoms with Gasteiger partial charge in [-0.1, -0.05) is 200 Å². The van der Waals surface area contributed by atoms with Gasteiger partial charge in [-0.15, -0.1) is 11.8 Å².